The van der Waals surface area contributed by atoms with Crippen molar-refractivity contribution >= 4 is 15.8 Å². The van der Waals surface area contributed by atoms with Crippen molar-refractivity contribution in [3.8, 4) is 11.4 Å². The van der Waals surface area contributed by atoms with E-state index < -0.39 is 10.0 Å². The van der Waals surface area contributed by atoms with Crippen molar-refractivity contribution in [1.29, 1.82) is 0 Å². The van der Waals surface area contributed by atoms with E-state index >= 15 is 0 Å². The van der Waals surface area contributed by atoms with Gasteiger partial charge in [-0.25, -0.2) is 18.4 Å². The summed E-state index contributed by atoms with van der Waals surface area (Å²) in [5.41, 5.74) is 1.75. The largest absolute Gasteiger partial charge is 0.354 e. The Kier molecular flexibility index (Phi) is 4.77. The lowest BCUT2D eigenvalue weighted by Gasteiger charge is -2.34. The standard InChI is InChI=1S/C16H21N5O2S/c1-3-24(22,23)21-9-7-20(8-10-21)15-11-13(2)18-16(19-15)14-5-4-6-17-12-14/h4-6,11-12H,3,7-10H2,1-2H3. The maximum absolute atomic E-state index is 12.0. The fraction of sp³-hybridized carbons (Fsp3) is 0.438. The summed E-state index contributed by atoms with van der Waals surface area (Å²) in [4.78, 5) is 15.3. The van der Waals surface area contributed by atoms with Crippen LogP contribution < -0.4 is 4.90 Å². The highest BCUT2D eigenvalue weighted by Crippen LogP contribution is 2.21. The van der Waals surface area contributed by atoms with Crippen LogP contribution in [0.3, 0.4) is 0 Å². The van der Waals surface area contributed by atoms with Crippen molar-refractivity contribution in [2.24, 2.45) is 0 Å². The molecule has 2 aromatic rings. The van der Waals surface area contributed by atoms with Crippen LogP contribution in [-0.4, -0.2) is 59.6 Å². The highest BCUT2D eigenvalue weighted by Gasteiger charge is 2.26. The predicted octanol–water partition coefficient (Wildman–Crippen LogP) is 1.32. The quantitative estimate of drug-likeness (QED) is 0.830. The molecule has 0 unspecified atom stereocenters. The van der Waals surface area contributed by atoms with Crippen LogP contribution in [0.2, 0.25) is 0 Å². The van der Waals surface area contributed by atoms with E-state index in [2.05, 4.69) is 19.9 Å². The number of hydrogen-bond acceptors (Lipinski definition) is 6. The van der Waals surface area contributed by atoms with Crippen molar-refractivity contribution in [2.75, 3.05) is 36.8 Å². The van der Waals surface area contributed by atoms with E-state index in [0.29, 0.717) is 32.0 Å². The molecule has 0 radical (unpaired) electrons. The van der Waals surface area contributed by atoms with Crippen LogP contribution in [0.25, 0.3) is 11.4 Å². The third-order valence-corrected chi connectivity index (χ3v) is 5.96. The van der Waals surface area contributed by atoms with Crippen molar-refractivity contribution < 1.29 is 8.42 Å². The smallest absolute Gasteiger partial charge is 0.213 e. The van der Waals surface area contributed by atoms with Crippen LogP contribution in [-0.2, 0) is 10.0 Å². The van der Waals surface area contributed by atoms with Gasteiger partial charge in [0.2, 0.25) is 10.0 Å². The molecule has 1 aliphatic rings. The Labute approximate surface area is 142 Å². The highest BCUT2D eigenvalue weighted by molar-refractivity contribution is 7.89. The Morgan fingerprint density at radius 1 is 1.17 bits per heavy atom. The van der Waals surface area contributed by atoms with Gasteiger partial charge in [0.25, 0.3) is 0 Å². The molecule has 7 nitrogen and oxygen atoms in total. The van der Waals surface area contributed by atoms with E-state index in [9.17, 15) is 8.42 Å². The molecule has 0 atom stereocenters. The summed E-state index contributed by atoms with van der Waals surface area (Å²) >= 11 is 0. The van der Waals surface area contributed by atoms with E-state index in [4.69, 9.17) is 0 Å². The second kappa shape index (κ2) is 6.82. The molecule has 2 aromatic heterocycles. The molecular weight excluding hydrogens is 326 g/mol. The van der Waals surface area contributed by atoms with Crippen LogP contribution in [0, 0.1) is 6.92 Å². The molecule has 8 heteroatoms. The Morgan fingerprint density at radius 3 is 2.54 bits per heavy atom. The first kappa shape index (κ1) is 16.8. The summed E-state index contributed by atoms with van der Waals surface area (Å²) in [6, 6.07) is 5.72. The van der Waals surface area contributed by atoms with Crippen LogP contribution in [0.1, 0.15) is 12.6 Å². The second-order valence-electron chi connectivity index (χ2n) is 5.72. The lowest BCUT2D eigenvalue weighted by molar-refractivity contribution is 0.384. The van der Waals surface area contributed by atoms with Gasteiger partial charge >= 0.3 is 0 Å². The summed E-state index contributed by atoms with van der Waals surface area (Å²) < 4.78 is 25.5. The van der Waals surface area contributed by atoms with E-state index in [1.807, 2.05) is 25.1 Å². The molecule has 24 heavy (non-hydrogen) atoms. The average Bonchev–Trinajstić information content (AvgIpc) is 2.62. The number of piperazine rings is 1. The van der Waals surface area contributed by atoms with Gasteiger partial charge in [-0.3, -0.25) is 4.98 Å². The molecule has 0 saturated carbocycles. The number of anilines is 1. The monoisotopic (exact) mass is 347 g/mol. The number of rotatable bonds is 4. The van der Waals surface area contributed by atoms with Gasteiger partial charge in [0.15, 0.2) is 5.82 Å². The van der Waals surface area contributed by atoms with Gasteiger partial charge in [0.1, 0.15) is 5.82 Å². The van der Waals surface area contributed by atoms with E-state index in [-0.39, 0.29) is 5.75 Å². The van der Waals surface area contributed by atoms with Gasteiger partial charge in [-0.15, -0.1) is 0 Å². The van der Waals surface area contributed by atoms with Crippen molar-refractivity contribution in [3.05, 3.63) is 36.3 Å². The molecule has 128 valence electrons. The van der Waals surface area contributed by atoms with Crippen LogP contribution in [0.15, 0.2) is 30.6 Å². The number of aromatic nitrogens is 3. The molecule has 0 amide bonds. The van der Waals surface area contributed by atoms with Crippen LogP contribution >= 0.6 is 0 Å². The SMILES string of the molecule is CCS(=O)(=O)N1CCN(c2cc(C)nc(-c3cccnc3)n2)CC1. The fourth-order valence-corrected chi connectivity index (χ4v) is 3.80. The Morgan fingerprint density at radius 2 is 1.92 bits per heavy atom. The van der Waals surface area contributed by atoms with E-state index in [1.54, 1.807) is 23.6 Å². The van der Waals surface area contributed by atoms with Gasteiger partial charge < -0.3 is 4.90 Å². The second-order valence-corrected chi connectivity index (χ2v) is 7.98. The minimum Gasteiger partial charge on any atom is -0.354 e. The zero-order chi connectivity index (χ0) is 17.2. The molecule has 3 rings (SSSR count). The van der Waals surface area contributed by atoms with Crippen molar-refractivity contribution in [1.82, 2.24) is 19.3 Å². The maximum atomic E-state index is 12.0. The minimum absolute atomic E-state index is 0.144. The zero-order valence-corrected chi connectivity index (χ0v) is 14.7. The first-order valence-electron chi connectivity index (χ1n) is 7.98. The Hall–Kier alpha value is -2.06. The number of nitrogens with zero attached hydrogens (tertiary/aromatic N) is 5. The third-order valence-electron chi connectivity index (χ3n) is 4.08. The first-order valence-corrected chi connectivity index (χ1v) is 9.59. The number of aryl methyl sites for hydroxylation is 1. The molecule has 0 aliphatic carbocycles. The average molecular weight is 347 g/mol. The summed E-state index contributed by atoms with van der Waals surface area (Å²) in [7, 11) is -3.12. The van der Waals surface area contributed by atoms with Crippen molar-refractivity contribution in [3.63, 3.8) is 0 Å². The molecule has 0 bridgehead atoms. The van der Waals surface area contributed by atoms with Gasteiger partial charge in [0, 0.05) is 55.9 Å². The molecule has 1 aliphatic heterocycles. The molecule has 0 aromatic carbocycles. The summed E-state index contributed by atoms with van der Waals surface area (Å²) in [6.07, 6.45) is 3.46. The molecule has 3 heterocycles. The van der Waals surface area contributed by atoms with Crippen LogP contribution in [0.4, 0.5) is 5.82 Å². The van der Waals surface area contributed by atoms with Gasteiger partial charge in [-0.05, 0) is 26.0 Å². The fourth-order valence-electron chi connectivity index (χ4n) is 2.72. The lowest BCUT2D eigenvalue weighted by atomic mass is 10.2. The Balaban J connectivity index is 1.80. The normalized spacial score (nSPS) is 16.3. The van der Waals surface area contributed by atoms with E-state index in [0.717, 1.165) is 17.1 Å². The molecule has 1 saturated heterocycles. The molecular formula is C16H21N5O2S. The van der Waals surface area contributed by atoms with Gasteiger partial charge in [0.05, 0.1) is 5.75 Å². The minimum atomic E-state index is -3.12. The van der Waals surface area contributed by atoms with Gasteiger partial charge in [-0.2, -0.15) is 4.31 Å². The summed E-state index contributed by atoms with van der Waals surface area (Å²) in [5, 5.41) is 0. The molecule has 0 N–H and O–H groups in total. The summed E-state index contributed by atoms with van der Waals surface area (Å²) in [6.45, 7) is 5.84. The topological polar surface area (TPSA) is 79.3 Å². The van der Waals surface area contributed by atoms with Gasteiger partial charge in [-0.1, -0.05) is 0 Å². The Bertz CT molecular complexity index is 802. The maximum Gasteiger partial charge on any atom is 0.213 e. The molecule has 0 spiro atoms. The summed E-state index contributed by atoms with van der Waals surface area (Å²) in [5.74, 6) is 1.61. The van der Waals surface area contributed by atoms with Crippen LogP contribution in [0.5, 0.6) is 0 Å². The van der Waals surface area contributed by atoms with Crippen molar-refractivity contribution in [2.45, 2.75) is 13.8 Å². The number of pyridine rings is 1. The number of sulfonamides is 1. The number of hydrogen-bond donors (Lipinski definition) is 0. The van der Waals surface area contributed by atoms with E-state index in [1.165, 1.54) is 0 Å². The zero-order valence-electron chi connectivity index (χ0n) is 13.9. The highest BCUT2D eigenvalue weighted by atomic mass is 32.2. The molecule has 1 fully saturated rings. The third kappa shape index (κ3) is 3.54. The predicted molar refractivity (Wildman–Crippen MR) is 93.2 cm³/mol. The lowest BCUT2D eigenvalue weighted by Crippen LogP contribution is -2.49. The first-order chi connectivity index (χ1) is 11.5.